The third-order valence-electron chi connectivity index (χ3n) is 7.27. The number of amides is 2. The summed E-state index contributed by atoms with van der Waals surface area (Å²) in [5.74, 6) is 0.413. The van der Waals surface area contributed by atoms with Crippen LogP contribution in [0.5, 0.6) is 5.75 Å². The van der Waals surface area contributed by atoms with Crippen molar-refractivity contribution in [1.29, 1.82) is 0 Å². The highest BCUT2D eigenvalue weighted by atomic mass is 16.5. The second-order valence-electron chi connectivity index (χ2n) is 11.0. The minimum absolute atomic E-state index is 0.110. The zero-order chi connectivity index (χ0) is 24.5. The molecule has 1 saturated carbocycles. The first-order chi connectivity index (χ1) is 16.1. The van der Waals surface area contributed by atoms with Crippen LogP contribution in [0, 0.1) is 0 Å². The summed E-state index contributed by atoms with van der Waals surface area (Å²) >= 11 is 0. The minimum atomic E-state index is -1.07. The van der Waals surface area contributed by atoms with Crippen LogP contribution in [0.15, 0.2) is 30.3 Å². The number of carbonyl (C=O) groups excluding carboxylic acids is 2. The van der Waals surface area contributed by atoms with Gasteiger partial charge in [0, 0.05) is 17.0 Å². The van der Waals surface area contributed by atoms with Gasteiger partial charge in [0.25, 0.3) is 5.91 Å². The summed E-state index contributed by atoms with van der Waals surface area (Å²) in [6.07, 6.45) is 6.67. The number of aromatic nitrogens is 2. The number of hydrogen-bond donors (Lipinski definition) is 1. The second-order valence-corrected chi connectivity index (χ2v) is 11.0. The molecule has 2 heterocycles. The van der Waals surface area contributed by atoms with Gasteiger partial charge in [-0.2, -0.15) is 5.10 Å². The van der Waals surface area contributed by atoms with Gasteiger partial charge in [0.05, 0.1) is 25.9 Å². The highest BCUT2D eigenvalue weighted by Gasteiger charge is 2.49. The van der Waals surface area contributed by atoms with Crippen molar-refractivity contribution in [2.75, 3.05) is 7.11 Å². The average Bonchev–Trinajstić information content (AvgIpc) is 3.07. The summed E-state index contributed by atoms with van der Waals surface area (Å²) in [5, 5.41) is 8.05. The predicted octanol–water partition coefficient (Wildman–Crippen LogP) is 4.44. The average molecular weight is 467 g/mol. The molecule has 4 rings (SSSR count). The first-order valence-corrected chi connectivity index (χ1v) is 12.5. The number of ether oxygens (including phenoxy) is 1. The maximum atomic E-state index is 13.9. The molecule has 1 atom stereocenters. The van der Waals surface area contributed by atoms with Crippen LogP contribution in [-0.4, -0.2) is 45.2 Å². The number of nitrogens with zero attached hydrogens (tertiary/aromatic N) is 3. The molecular formula is C27H38N4O3. The number of nitrogens with one attached hydrogen (secondary N) is 1. The summed E-state index contributed by atoms with van der Waals surface area (Å²) in [6, 6.07) is 9.69. The number of fused-ring (bicyclic) bond motifs is 1. The predicted molar refractivity (Wildman–Crippen MR) is 132 cm³/mol. The maximum Gasteiger partial charge on any atom is 0.273 e. The summed E-state index contributed by atoms with van der Waals surface area (Å²) in [6.45, 7) is 8.71. The Morgan fingerprint density at radius 3 is 2.50 bits per heavy atom. The van der Waals surface area contributed by atoms with Gasteiger partial charge in [0.1, 0.15) is 17.0 Å². The lowest BCUT2D eigenvalue weighted by molar-refractivity contribution is -0.134. The Hall–Kier alpha value is -2.83. The molecule has 184 valence electrons. The fourth-order valence-electron chi connectivity index (χ4n) is 5.02. The molecule has 1 fully saturated rings. The highest BCUT2D eigenvalue weighted by Crippen LogP contribution is 2.33. The van der Waals surface area contributed by atoms with Crippen LogP contribution < -0.4 is 10.1 Å². The Balaban J connectivity index is 1.71. The number of benzene rings is 1. The molecule has 0 radical (unpaired) electrons. The molecule has 1 N–H and O–H groups in total. The molecule has 1 aromatic carbocycles. The lowest BCUT2D eigenvalue weighted by Gasteiger charge is -2.44. The Morgan fingerprint density at radius 2 is 1.85 bits per heavy atom. The Morgan fingerprint density at radius 1 is 1.18 bits per heavy atom. The van der Waals surface area contributed by atoms with E-state index in [1.807, 2.05) is 37.3 Å². The third-order valence-corrected chi connectivity index (χ3v) is 7.27. The van der Waals surface area contributed by atoms with Crippen molar-refractivity contribution in [2.45, 2.75) is 96.3 Å². The first-order valence-electron chi connectivity index (χ1n) is 12.5. The number of rotatable bonds is 5. The third kappa shape index (κ3) is 4.70. The SMILES string of the molecule is COc1ccccc1CN1C(=O)c2cc(C(C)(C)C)nn2C[C@]1(C)C(=O)NC1CCCCCC1. The van der Waals surface area contributed by atoms with Crippen molar-refractivity contribution < 1.29 is 14.3 Å². The van der Waals surface area contributed by atoms with Crippen molar-refractivity contribution in [3.63, 3.8) is 0 Å². The second kappa shape index (κ2) is 9.43. The molecule has 0 unspecified atom stereocenters. The van der Waals surface area contributed by atoms with Gasteiger partial charge in [-0.05, 0) is 31.9 Å². The number of methoxy groups -OCH3 is 1. The summed E-state index contributed by atoms with van der Waals surface area (Å²) in [4.78, 5) is 29.4. The lowest BCUT2D eigenvalue weighted by Crippen LogP contribution is -2.64. The Labute approximate surface area is 202 Å². The van der Waals surface area contributed by atoms with Crippen LogP contribution >= 0.6 is 0 Å². The highest BCUT2D eigenvalue weighted by molar-refractivity contribution is 5.99. The van der Waals surface area contributed by atoms with Crippen LogP contribution in [0.3, 0.4) is 0 Å². The van der Waals surface area contributed by atoms with E-state index in [2.05, 4.69) is 26.1 Å². The summed E-state index contributed by atoms with van der Waals surface area (Å²) < 4.78 is 7.28. The van der Waals surface area contributed by atoms with Gasteiger partial charge in [0.2, 0.25) is 5.91 Å². The number of para-hydroxylation sites is 1. The van der Waals surface area contributed by atoms with E-state index in [0.717, 1.165) is 36.9 Å². The van der Waals surface area contributed by atoms with Crippen LogP contribution in [0.25, 0.3) is 0 Å². The van der Waals surface area contributed by atoms with Gasteiger partial charge in [0.15, 0.2) is 0 Å². The zero-order valence-electron chi connectivity index (χ0n) is 21.2. The molecule has 2 aromatic rings. The molecule has 34 heavy (non-hydrogen) atoms. The zero-order valence-corrected chi connectivity index (χ0v) is 21.2. The van der Waals surface area contributed by atoms with Gasteiger partial charge in [-0.3, -0.25) is 14.3 Å². The molecule has 0 bridgehead atoms. The largest absolute Gasteiger partial charge is 0.496 e. The molecule has 2 aliphatic rings. The number of carbonyl (C=O) groups is 2. The van der Waals surface area contributed by atoms with E-state index in [9.17, 15) is 9.59 Å². The smallest absolute Gasteiger partial charge is 0.273 e. The molecule has 7 heteroatoms. The van der Waals surface area contributed by atoms with E-state index >= 15 is 0 Å². The summed E-state index contributed by atoms with van der Waals surface area (Å²) in [5.41, 5.74) is 0.979. The molecular weight excluding hydrogens is 428 g/mol. The van der Waals surface area contributed by atoms with E-state index in [-0.39, 0.29) is 29.8 Å². The van der Waals surface area contributed by atoms with Crippen LogP contribution in [0.1, 0.15) is 88.0 Å². The first kappa shape index (κ1) is 24.3. The molecule has 0 saturated heterocycles. The van der Waals surface area contributed by atoms with E-state index < -0.39 is 5.54 Å². The van der Waals surface area contributed by atoms with Crippen LogP contribution in [-0.2, 0) is 23.3 Å². The molecule has 0 spiro atoms. The Bertz CT molecular complexity index is 1050. The quantitative estimate of drug-likeness (QED) is 0.661. The molecule has 2 amide bonds. The Kier molecular flexibility index (Phi) is 6.74. The molecule has 1 aliphatic carbocycles. The maximum absolute atomic E-state index is 13.9. The molecule has 7 nitrogen and oxygen atoms in total. The van der Waals surface area contributed by atoms with E-state index in [1.54, 1.807) is 16.7 Å². The molecule has 1 aromatic heterocycles. The monoisotopic (exact) mass is 466 g/mol. The van der Waals surface area contributed by atoms with Gasteiger partial charge in [-0.15, -0.1) is 0 Å². The summed E-state index contributed by atoms with van der Waals surface area (Å²) in [7, 11) is 1.62. The van der Waals surface area contributed by atoms with Crippen LogP contribution in [0.4, 0.5) is 0 Å². The normalized spacial score (nSPS) is 21.7. The fraction of sp³-hybridized carbons (Fsp3) is 0.593. The number of hydrogen-bond acceptors (Lipinski definition) is 4. The fourth-order valence-corrected chi connectivity index (χ4v) is 5.02. The van der Waals surface area contributed by atoms with Crippen molar-refractivity contribution in [3.8, 4) is 5.75 Å². The van der Waals surface area contributed by atoms with Gasteiger partial charge in [-0.25, -0.2) is 0 Å². The van der Waals surface area contributed by atoms with Gasteiger partial charge >= 0.3 is 0 Å². The van der Waals surface area contributed by atoms with E-state index in [1.165, 1.54) is 12.8 Å². The van der Waals surface area contributed by atoms with E-state index in [0.29, 0.717) is 18.0 Å². The topological polar surface area (TPSA) is 76.5 Å². The lowest BCUT2D eigenvalue weighted by atomic mass is 9.91. The van der Waals surface area contributed by atoms with Crippen molar-refractivity contribution >= 4 is 11.8 Å². The standard InChI is InChI=1S/C27H38N4O3/c1-26(2,3)23-16-21-24(32)30(17-19-12-10-11-15-22(19)34-5)27(4,18-31(21)29-23)25(33)28-20-13-8-6-7-9-14-20/h10-12,15-16,20H,6-9,13-14,17-18H2,1-5H3,(H,28,33)/t27-/m1/s1. The molecule has 1 aliphatic heterocycles. The van der Waals surface area contributed by atoms with Gasteiger partial charge in [-0.1, -0.05) is 64.7 Å². The van der Waals surface area contributed by atoms with Gasteiger partial charge < -0.3 is 15.0 Å². The van der Waals surface area contributed by atoms with Crippen molar-refractivity contribution in [1.82, 2.24) is 20.0 Å². The van der Waals surface area contributed by atoms with E-state index in [4.69, 9.17) is 9.84 Å². The van der Waals surface area contributed by atoms with Crippen molar-refractivity contribution in [3.05, 3.63) is 47.3 Å². The minimum Gasteiger partial charge on any atom is -0.496 e. The van der Waals surface area contributed by atoms with Crippen LogP contribution in [0.2, 0.25) is 0 Å². The van der Waals surface area contributed by atoms with Crippen molar-refractivity contribution in [2.24, 2.45) is 0 Å².